The minimum absolute atomic E-state index is 0.228. The zero-order valence-corrected chi connectivity index (χ0v) is 17.9. The molecule has 1 amide bonds. The molecule has 0 atom stereocenters. The van der Waals surface area contributed by atoms with E-state index in [0.29, 0.717) is 18.0 Å². The highest BCUT2D eigenvalue weighted by Crippen LogP contribution is 2.21. The molecule has 0 aliphatic carbocycles. The van der Waals surface area contributed by atoms with Crippen molar-refractivity contribution >= 4 is 11.6 Å². The molecular weight excluding hydrogens is 390 g/mol. The number of aryl methyl sites for hydroxylation is 3. The summed E-state index contributed by atoms with van der Waals surface area (Å²) in [5, 5.41) is 7.16. The molecule has 2 aromatic heterocycles. The Balaban J connectivity index is 1.35. The number of furan rings is 1. The fraction of sp³-hybridized carbons (Fsp3) is 0.200. The molecule has 0 unspecified atom stereocenters. The van der Waals surface area contributed by atoms with Crippen molar-refractivity contribution in [3.05, 3.63) is 101 Å². The summed E-state index contributed by atoms with van der Waals surface area (Å²) in [7, 11) is 0. The lowest BCUT2D eigenvalue weighted by Gasteiger charge is -2.08. The third-order valence-electron chi connectivity index (χ3n) is 5.08. The van der Waals surface area contributed by atoms with Crippen molar-refractivity contribution in [2.75, 3.05) is 5.32 Å². The second kappa shape index (κ2) is 8.92. The van der Waals surface area contributed by atoms with Crippen LogP contribution in [-0.4, -0.2) is 15.7 Å². The van der Waals surface area contributed by atoms with Gasteiger partial charge in [-0.05, 0) is 61.2 Å². The van der Waals surface area contributed by atoms with Gasteiger partial charge < -0.3 is 14.5 Å². The highest BCUT2D eigenvalue weighted by Gasteiger charge is 2.13. The number of nitrogens with one attached hydrogen (secondary N) is 1. The molecule has 4 rings (SSSR count). The lowest BCUT2D eigenvalue weighted by molar-refractivity contribution is 0.0992. The van der Waals surface area contributed by atoms with Crippen LogP contribution < -0.4 is 10.1 Å². The van der Waals surface area contributed by atoms with Gasteiger partial charge in [-0.15, -0.1) is 0 Å². The highest BCUT2D eigenvalue weighted by atomic mass is 16.5. The zero-order chi connectivity index (χ0) is 21.8. The topological polar surface area (TPSA) is 69.3 Å². The maximum absolute atomic E-state index is 12.5. The average molecular weight is 415 g/mol. The van der Waals surface area contributed by atoms with Crippen LogP contribution in [0.15, 0.2) is 71.4 Å². The summed E-state index contributed by atoms with van der Waals surface area (Å²) in [6.45, 7) is 6.98. The van der Waals surface area contributed by atoms with E-state index >= 15 is 0 Å². The lowest BCUT2D eigenvalue weighted by atomic mass is 10.1. The Kier molecular flexibility index (Phi) is 5.89. The molecule has 2 aromatic carbocycles. The first-order chi connectivity index (χ1) is 15.0. The molecule has 0 aliphatic heterocycles. The molecule has 0 radical (unpaired) electrons. The molecule has 31 heavy (non-hydrogen) atoms. The maximum atomic E-state index is 12.5. The first-order valence-corrected chi connectivity index (χ1v) is 10.1. The Morgan fingerprint density at radius 1 is 1.06 bits per heavy atom. The standard InChI is InChI=1S/C25H25N3O3/c1-17-8-9-19(3)24(12-17)30-16-22-10-11-23(31-22)25(29)27-21-13-26-28(15-21)14-20-7-5-4-6-18(20)2/h4-13,15H,14,16H2,1-3H3,(H,27,29). The predicted octanol–water partition coefficient (Wildman–Crippen LogP) is 5.28. The number of hydrogen-bond donors (Lipinski definition) is 1. The Bertz CT molecular complexity index is 1210. The number of anilines is 1. The van der Waals surface area contributed by atoms with Crippen molar-refractivity contribution in [3.8, 4) is 5.75 Å². The number of carbonyl (C=O) groups excluding carboxylic acids is 1. The van der Waals surface area contributed by atoms with Crippen LogP contribution in [0.25, 0.3) is 0 Å². The number of amides is 1. The average Bonchev–Trinajstić information content (AvgIpc) is 3.40. The van der Waals surface area contributed by atoms with E-state index in [9.17, 15) is 4.79 Å². The number of carbonyl (C=O) groups is 1. The van der Waals surface area contributed by atoms with Gasteiger partial charge in [0.15, 0.2) is 5.76 Å². The number of nitrogens with zero attached hydrogens (tertiary/aromatic N) is 2. The van der Waals surface area contributed by atoms with Crippen molar-refractivity contribution in [1.29, 1.82) is 0 Å². The normalized spacial score (nSPS) is 10.8. The Hall–Kier alpha value is -3.80. The van der Waals surface area contributed by atoms with Crippen LogP contribution in [0.2, 0.25) is 0 Å². The first-order valence-electron chi connectivity index (χ1n) is 10.1. The maximum Gasteiger partial charge on any atom is 0.291 e. The summed E-state index contributed by atoms with van der Waals surface area (Å²) in [4.78, 5) is 12.5. The molecular formula is C25H25N3O3. The molecule has 4 aromatic rings. The van der Waals surface area contributed by atoms with Crippen LogP contribution >= 0.6 is 0 Å². The van der Waals surface area contributed by atoms with E-state index in [-0.39, 0.29) is 18.3 Å². The van der Waals surface area contributed by atoms with Crippen LogP contribution in [0.5, 0.6) is 5.75 Å². The van der Waals surface area contributed by atoms with Crippen molar-refractivity contribution in [1.82, 2.24) is 9.78 Å². The predicted molar refractivity (Wildman–Crippen MR) is 119 cm³/mol. The van der Waals surface area contributed by atoms with Crippen LogP contribution in [0.4, 0.5) is 5.69 Å². The van der Waals surface area contributed by atoms with E-state index in [4.69, 9.17) is 9.15 Å². The summed E-state index contributed by atoms with van der Waals surface area (Å²) in [6.07, 6.45) is 3.43. The van der Waals surface area contributed by atoms with Crippen LogP contribution in [-0.2, 0) is 13.2 Å². The van der Waals surface area contributed by atoms with Crippen molar-refractivity contribution in [3.63, 3.8) is 0 Å². The summed E-state index contributed by atoms with van der Waals surface area (Å²) >= 11 is 0. The van der Waals surface area contributed by atoms with E-state index in [1.54, 1.807) is 29.2 Å². The van der Waals surface area contributed by atoms with Crippen molar-refractivity contribution in [2.24, 2.45) is 0 Å². The van der Waals surface area contributed by atoms with E-state index in [2.05, 4.69) is 29.5 Å². The third kappa shape index (κ3) is 5.04. The van der Waals surface area contributed by atoms with Crippen molar-refractivity contribution < 1.29 is 13.9 Å². The van der Waals surface area contributed by atoms with Gasteiger partial charge in [0.1, 0.15) is 18.1 Å². The summed E-state index contributed by atoms with van der Waals surface area (Å²) in [6, 6.07) is 17.6. The monoisotopic (exact) mass is 415 g/mol. The van der Waals surface area contributed by atoms with E-state index < -0.39 is 0 Å². The van der Waals surface area contributed by atoms with E-state index in [1.807, 2.05) is 44.2 Å². The molecule has 0 aliphatic rings. The number of aromatic nitrogens is 2. The Labute approximate surface area is 181 Å². The molecule has 0 saturated heterocycles. The van der Waals surface area contributed by atoms with E-state index in [0.717, 1.165) is 16.9 Å². The van der Waals surface area contributed by atoms with Gasteiger partial charge >= 0.3 is 0 Å². The molecule has 1 N–H and O–H groups in total. The largest absolute Gasteiger partial charge is 0.485 e. The van der Waals surface area contributed by atoms with Crippen LogP contribution in [0, 0.1) is 20.8 Å². The first kappa shape index (κ1) is 20.5. The van der Waals surface area contributed by atoms with Gasteiger partial charge in [-0.25, -0.2) is 0 Å². The molecule has 158 valence electrons. The summed E-state index contributed by atoms with van der Waals surface area (Å²) in [5.74, 6) is 1.30. The van der Waals surface area contributed by atoms with Crippen LogP contribution in [0.1, 0.15) is 38.6 Å². The van der Waals surface area contributed by atoms with Gasteiger partial charge in [0.25, 0.3) is 5.91 Å². The molecule has 0 saturated carbocycles. The van der Waals surface area contributed by atoms with Gasteiger partial charge in [0.2, 0.25) is 0 Å². The minimum atomic E-state index is -0.326. The number of ether oxygens (including phenoxy) is 1. The molecule has 6 heteroatoms. The van der Waals surface area contributed by atoms with Gasteiger partial charge in [-0.2, -0.15) is 5.10 Å². The van der Waals surface area contributed by atoms with Gasteiger partial charge in [0.05, 0.1) is 18.4 Å². The van der Waals surface area contributed by atoms with Crippen LogP contribution in [0.3, 0.4) is 0 Å². The highest BCUT2D eigenvalue weighted by molar-refractivity contribution is 6.02. The van der Waals surface area contributed by atoms with Gasteiger partial charge in [-0.1, -0.05) is 36.4 Å². The molecule has 0 spiro atoms. The van der Waals surface area contributed by atoms with Gasteiger partial charge in [-0.3, -0.25) is 9.48 Å². The molecule has 0 fully saturated rings. The smallest absolute Gasteiger partial charge is 0.291 e. The zero-order valence-electron chi connectivity index (χ0n) is 17.9. The van der Waals surface area contributed by atoms with Gasteiger partial charge in [0, 0.05) is 6.20 Å². The third-order valence-corrected chi connectivity index (χ3v) is 5.08. The fourth-order valence-electron chi connectivity index (χ4n) is 3.26. The number of hydrogen-bond acceptors (Lipinski definition) is 4. The number of benzene rings is 2. The molecule has 0 bridgehead atoms. The second-order valence-corrected chi connectivity index (χ2v) is 7.63. The summed E-state index contributed by atoms with van der Waals surface area (Å²) in [5.41, 5.74) is 5.18. The lowest BCUT2D eigenvalue weighted by Crippen LogP contribution is -2.10. The molecule has 2 heterocycles. The van der Waals surface area contributed by atoms with Crippen molar-refractivity contribution in [2.45, 2.75) is 33.9 Å². The Morgan fingerprint density at radius 2 is 1.90 bits per heavy atom. The second-order valence-electron chi connectivity index (χ2n) is 7.63. The quantitative estimate of drug-likeness (QED) is 0.446. The van der Waals surface area contributed by atoms with E-state index in [1.165, 1.54) is 11.1 Å². The fourth-order valence-corrected chi connectivity index (χ4v) is 3.26. The number of rotatable bonds is 7. The minimum Gasteiger partial charge on any atom is -0.485 e. The molecule has 6 nitrogen and oxygen atoms in total. The SMILES string of the molecule is Cc1ccc(C)c(OCc2ccc(C(=O)Nc3cnn(Cc4ccccc4C)c3)o2)c1. The Morgan fingerprint density at radius 3 is 2.74 bits per heavy atom. The summed E-state index contributed by atoms with van der Waals surface area (Å²) < 4.78 is 13.3.